The van der Waals surface area contributed by atoms with E-state index in [2.05, 4.69) is 32.3 Å². The Kier molecular flexibility index (Phi) is 2.54. The normalized spacial score (nSPS) is 13.4. The first-order valence-electron chi connectivity index (χ1n) is 4.14. The summed E-state index contributed by atoms with van der Waals surface area (Å²) in [6.45, 7) is 0.580. The van der Waals surface area contributed by atoms with Gasteiger partial charge in [-0.25, -0.2) is 4.79 Å². The highest BCUT2D eigenvalue weighted by Gasteiger charge is 2.22. The van der Waals surface area contributed by atoms with Gasteiger partial charge < -0.3 is 4.74 Å². The van der Waals surface area contributed by atoms with Crippen LogP contribution >= 0.6 is 22.6 Å². The van der Waals surface area contributed by atoms with Crippen molar-refractivity contribution in [3.63, 3.8) is 0 Å². The third kappa shape index (κ3) is 1.54. The summed E-state index contributed by atoms with van der Waals surface area (Å²) in [4.78, 5) is 15.5. The number of nitrogens with zero attached hydrogens (tertiary/aromatic N) is 1. The number of hydrogen-bond donors (Lipinski definition) is 0. The van der Waals surface area contributed by atoms with Crippen LogP contribution in [-0.2, 0) is 16.1 Å². The molecule has 0 spiro atoms. The first-order chi connectivity index (χ1) is 6.72. The molecule has 1 aromatic carbocycles. The van der Waals surface area contributed by atoms with Crippen LogP contribution in [0.25, 0.3) is 0 Å². The van der Waals surface area contributed by atoms with Crippen LogP contribution in [0.4, 0.5) is 0 Å². The van der Waals surface area contributed by atoms with Gasteiger partial charge in [0.25, 0.3) is 0 Å². The minimum Gasteiger partial charge on any atom is -0.464 e. The molecule has 0 saturated heterocycles. The molecule has 1 aromatic rings. The monoisotopic (exact) mass is 301 g/mol. The van der Waals surface area contributed by atoms with Crippen molar-refractivity contribution >= 4 is 34.3 Å². The first kappa shape index (κ1) is 9.64. The van der Waals surface area contributed by atoms with Crippen LogP contribution in [0.3, 0.4) is 0 Å². The van der Waals surface area contributed by atoms with E-state index in [4.69, 9.17) is 0 Å². The molecule has 0 bridgehead atoms. The molecule has 0 aromatic heterocycles. The molecule has 0 amide bonds. The van der Waals surface area contributed by atoms with E-state index in [0.29, 0.717) is 12.3 Å². The Morgan fingerprint density at radius 2 is 2.36 bits per heavy atom. The zero-order chi connectivity index (χ0) is 10.1. The summed E-state index contributed by atoms with van der Waals surface area (Å²) in [5, 5.41) is 0. The standard InChI is InChI=1S/C10H8INO2/c1-14-10(13)9-8-3-2-7(11)4-6(8)5-12-9/h2-4H,5H2,1H3. The molecule has 3 nitrogen and oxygen atoms in total. The van der Waals surface area contributed by atoms with E-state index < -0.39 is 0 Å². The van der Waals surface area contributed by atoms with Crippen LogP contribution in [0.5, 0.6) is 0 Å². The predicted octanol–water partition coefficient (Wildman–Crippen LogP) is 1.77. The van der Waals surface area contributed by atoms with Crippen LogP contribution in [0.1, 0.15) is 11.1 Å². The lowest BCUT2D eigenvalue weighted by Crippen LogP contribution is -2.15. The van der Waals surface area contributed by atoms with E-state index in [0.717, 1.165) is 14.7 Å². The lowest BCUT2D eigenvalue weighted by Gasteiger charge is -2.01. The number of methoxy groups -OCH3 is 1. The summed E-state index contributed by atoms with van der Waals surface area (Å²) in [5.74, 6) is -0.357. The second kappa shape index (κ2) is 3.68. The third-order valence-electron chi connectivity index (χ3n) is 2.11. The van der Waals surface area contributed by atoms with Gasteiger partial charge in [0.05, 0.1) is 13.7 Å². The fraction of sp³-hybridized carbons (Fsp3) is 0.200. The first-order valence-corrected chi connectivity index (χ1v) is 5.22. The Balaban J connectivity index is 2.42. The van der Waals surface area contributed by atoms with Gasteiger partial charge in [0.2, 0.25) is 0 Å². The smallest absolute Gasteiger partial charge is 0.356 e. The molecule has 0 fully saturated rings. The highest BCUT2D eigenvalue weighted by atomic mass is 127. The van der Waals surface area contributed by atoms with Crippen LogP contribution in [0.2, 0.25) is 0 Å². The molecule has 0 N–H and O–H groups in total. The Labute approximate surface area is 95.3 Å². The van der Waals surface area contributed by atoms with Gasteiger partial charge in [-0.3, -0.25) is 4.99 Å². The SMILES string of the molecule is COC(=O)C1=NCc2cc(I)ccc21. The zero-order valence-corrected chi connectivity index (χ0v) is 9.74. The number of aliphatic imine (C=N–C) groups is 1. The number of esters is 1. The van der Waals surface area contributed by atoms with Crippen molar-refractivity contribution < 1.29 is 9.53 Å². The Hall–Kier alpha value is -0.910. The minimum absolute atomic E-state index is 0.357. The van der Waals surface area contributed by atoms with Gasteiger partial charge in [0, 0.05) is 9.13 Å². The number of carbonyl (C=O) groups excluding carboxylic acids is 1. The maximum atomic E-state index is 11.3. The summed E-state index contributed by atoms with van der Waals surface area (Å²) in [6, 6.07) is 5.92. The average molecular weight is 301 g/mol. The van der Waals surface area contributed by atoms with E-state index in [9.17, 15) is 4.79 Å². The molecular formula is C10H8INO2. The molecule has 4 heteroatoms. The fourth-order valence-electron chi connectivity index (χ4n) is 1.44. The van der Waals surface area contributed by atoms with Gasteiger partial charge in [-0.2, -0.15) is 0 Å². The highest BCUT2D eigenvalue weighted by molar-refractivity contribution is 14.1. The van der Waals surface area contributed by atoms with Crippen LogP contribution in [0, 0.1) is 3.57 Å². The average Bonchev–Trinajstić information content (AvgIpc) is 2.59. The Morgan fingerprint density at radius 3 is 3.07 bits per heavy atom. The number of fused-ring (bicyclic) bond motifs is 1. The van der Waals surface area contributed by atoms with Gasteiger partial charge >= 0.3 is 5.97 Å². The van der Waals surface area contributed by atoms with E-state index in [1.165, 1.54) is 7.11 Å². The molecule has 0 atom stereocenters. The number of halogens is 1. The molecule has 1 aliphatic heterocycles. The van der Waals surface area contributed by atoms with Crippen LogP contribution < -0.4 is 0 Å². The van der Waals surface area contributed by atoms with Crippen LogP contribution in [-0.4, -0.2) is 18.8 Å². The van der Waals surface area contributed by atoms with Crippen molar-refractivity contribution in [2.75, 3.05) is 7.11 Å². The van der Waals surface area contributed by atoms with E-state index in [1.54, 1.807) is 0 Å². The molecule has 0 saturated carbocycles. The third-order valence-corrected chi connectivity index (χ3v) is 2.78. The molecule has 0 aliphatic carbocycles. The Morgan fingerprint density at radius 1 is 1.57 bits per heavy atom. The molecule has 72 valence electrons. The lowest BCUT2D eigenvalue weighted by atomic mass is 10.1. The maximum Gasteiger partial charge on any atom is 0.356 e. The largest absolute Gasteiger partial charge is 0.464 e. The van der Waals surface area contributed by atoms with E-state index in [-0.39, 0.29) is 5.97 Å². The number of benzene rings is 1. The molecule has 0 radical (unpaired) electrons. The quantitative estimate of drug-likeness (QED) is 0.586. The van der Waals surface area contributed by atoms with Crippen molar-refractivity contribution in [3.05, 3.63) is 32.9 Å². The van der Waals surface area contributed by atoms with E-state index >= 15 is 0 Å². The zero-order valence-electron chi connectivity index (χ0n) is 7.58. The molecule has 14 heavy (non-hydrogen) atoms. The van der Waals surface area contributed by atoms with Gasteiger partial charge in [0.15, 0.2) is 5.71 Å². The fourth-order valence-corrected chi connectivity index (χ4v) is 2.00. The maximum absolute atomic E-state index is 11.3. The van der Waals surface area contributed by atoms with Gasteiger partial charge in [-0.05, 0) is 40.3 Å². The Bertz CT molecular complexity index is 426. The van der Waals surface area contributed by atoms with Crippen molar-refractivity contribution in [2.24, 2.45) is 4.99 Å². The second-order valence-electron chi connectivity index (χ2n) is 2.96. The minimum atomic E-state index is -0.357. The lowest BCUT2D eigenvalue weighted by molar-refractivity contribution is -0.132. The highest BCUT2D eigenvalue weighted by Crippen LogP contribution is 2.21. The number of ether oxygens (including phenoxy) is 1. The van der Waals surface area contributed by atoms with Crippen molar-refractivity contribution in [1.29, 1.82) is 0 Å². The van der Waals surface area contributed by atoms with Gasteiger partial charge in [-0.15, -0.1) is 0 Å². The predicted molar refractivity (Wildman–Crippen MR) is 61.4 cm³/mol. The topological polar surface area (TPSA) is 38.7 Å². The number of carbonyl (C=O) groups is 1. The summed E-state index contributed by atoms with van der Waals surface area (Å²) in [6.07, 6.45) is 0. The summed E-state index contributed by atoms with van der Waals surface area (Å²) in [5.41, 5.74) is 2.44. The molecule has 1 heterocycles. The van der Waals surface area contributed by atoms with Crippen molar-refractivity contribution in [2.45, 2.75) is 6.54 Å². The second-order valence-corrected chi connectivity index (χ2v) is 4.20. The number of hydrogen-bond acceptors (Lipinski definition) is 3. The van der Waals surface area contributed by atoms with Crippen molar-refractivity contribution in [3.8, 4) is 0 Å². The summed E-state index contributed by atoms with van der Waals surface area (Å²) in [7, 11) is 1.37. The molecular weight excluding hydrogens is 293 g/mol. The van der Waals surface area contributed by atoms with E-state index in [1.807, 2.05) is 18.2 Å². The van der Waals surface area contributed by atoms with Crippen molar-refractivity contribution in [1.82, 2.24) is 0 Å². The summed E-state index contributed by atoms with van der Waals surface area (Å²) >= 11 is 2.24. The van der Waals surface area contributed by atoms with Crippen LogP contribution in [0.15, 0.2) is 23.2 Å². The van der Waals surface area contributed by atoms with Gasteiger partial charge in [-0.1, -0.05) is 6.07 Å². The number of rotatable bonds is 1. The molecule has 2 rings (SSSR count). The summed E-state index contributed by atoms with van der Waals surface area (Å²) < 4.78 is 5.80. The molecule has 1 aliphatic rings. The molecule has 0 unspecified atom stereocenters. The van der Waals surface area contributed by atoms with Gasteiger partial charge in [0.1, 0.15) is 0 Å².